The Morgan fingerprint density at radius 2 is 1.75 bits per heavy atom. The van der Waals surface area contributed by atoms with Crippen LogP contribution < -0.4 is 0 Å². The van der Waals surface area contributed by atoms with E-state index in [1.54, 1.807) is 0 Å². The number of rotatable bonds is 6. The number of carbonyl (C=O) groups excluding carboxylic acids is 2. The van der Waals surface area contributed by atoms with Crippen molar-refractivity contribution < 1.29 is 38.8 Å². The van der Waals surface area contributed by atoms with Crippen LogP contribution in [0.3, 0.4) is 0 Å². The van der Waals surface area contributed by atoms with Crippen molar-refractivity contribution in [3.8, 4) is 0 Å². The molecule has 0 rings (SSSR count). The normalized spacial score (nSPS) is 9.12. The van der Waals surface area contributed by atoms with Crippen LogP contribution in [0.5, 0.6) is 0 Å². The molecule has 0 unspecified atom stereocenters. The van der Waals surface area contributed by atoms with E-state index < -0.39 is 27.7 Å². The van der Waals surface area contributed by atoms with E-state index in [4.69, 9.17) is 0 Å². The summed E-state index contributed by atoms with van der Waals surface area (Å²) in [5.74, 6) is -1.37. The molecule has 0 aromatic carbocycles. The predicted octanol–water partition coefficient (Wildman–Crippen LogP) is 1.58. The summed E-state index contributed by atoms with van der Waals surface area (Å²) in [6.07, 6.45) is 2.88. The van der Waals surface area contributed by atoms with Gasteiger partial charge in [-0.1, -0.05) is 0 Å². The van der Waals surface area contributed by atoms with Crippen LogP contribution >= 0.6 is 0 Å². The third-order valence-corrected chi connectivity index (χ3v) is 2.76. The minimum absolute atomic E-state index is 0.196. The maximum absolute atomic E-state index is 11.2. The molecule has 0 spiro atoms. The van der Waals surface area contributed by atoms with E-state index in [0.29, 0.717) is 19.3 Å². The average molecular weight is 267 g/mol. The van der Waals surface area contributed by atoms with Gasteiger partial charge in [0.05, 0.1) is 0 Å². The molecule has 0 aliphatic heterocycles. The van der Waals surface area contributed by atoms with E-state index in [-0.39, 0.29) is 10.6 Å². The SMILES string of the molecule is CCCCC(=O)OOC(=O)[C](CCC)=[V]=[O]. The average Bonchev–Trinajstić information content (AvgIpc) is 2.30. The van der Waals surface area contributed by atoms with Crippen LogP contribution in [-0.2, 0) is 38.8 Å². The Morgan fingerprint density at radius 3 is 2.25 bits per heavy atom. The molecule has 0 aliphatic carbocycles. The van der Waals surface area contributed by atoms with Gasteiger partial charge in [-0.05, 0) is 0 Å². The maximum atomic E-state index is 11.2. The molecule has 0 atom stereocenters. The van der Waals surface area contributed by atoms with E-state index in [9.17, 15) is 13.3 Å². The first-order valence-electron chi connectivity index (χ1n) is 5.26. The number of hydrogen-bond acceptors (Lipinski definition) is 5. The van der Waals surface area contributed by atoms with Crippen molar-refractivity contribution >= 4 is 16.2 Å². The van der Waals surface area contributed by atoms with E-state index in [2.05, 4.69) is 9.78 Å². The van der Waals surface area contributed by atoms with Gasteiger partial charge in [0, 0.05) is 0 Å². The molecule has 0 saturated heterocycles. The topological polar surface area (TPSA) is 69.7 Å². The van der Waals surface area contributed by atoms with Crippen LogP contribution in [0.25, 0.3) is 0 Å². The third kappa shape index (κ3) is 6.64. The Bertz CT molecular complexity index is 294. The molecule has 0 saturated carbocycles. The molecule has 0 N–H and O–H groups in total. The van der Waals surface area contributed by atoms with Crippen molar-refractivity contribution in [3.05, 3.63) is 0 Å². The van der Waals surface area contributed by atoms with Gasteiger partial charge in [-0.2, -0.15) is 0 Å². The van der Waals surface area contributed by atoms with Gasteiger partial charge < -0.3 is 0 Å². The molecule has 6 heteroatoms. The van der Waals surface area contributed by atoms with Crippen LogP contribution in [0.2, 0.25) is 0 Å². The van der Waals surface area contributed by atoms with Crippen LogP contribution in [0.15, 0.2) is 0 Å². The van der Waals surface area contributed by atoms with Crippen molar-refractivity contribution in [2.24, 2.45) is 0 Å². The molecule has 0 bridgehead atoms. The van der Waals surface area contributed by atoms with Gasteiger partial charge in [-0.15, -0.1) is 0 Å². The molecule has 0 aromatic heterocycles. The Labute approximate surface area is 101 Å². The van der Waals surface area contributed by atoms with Crippen molar-refractivity contribution in [1.29, 1.82) is 0 Å². The van der Waals surface area contributed by atoms with Crippen molar-refractivity contribution in [2.75, 3.05) is 0 Å². The number of hydrogen-bond donors (Lipinski definition) is 0. The second kappa shape index (κ2) is 9.42. The second-order valence-electron chi connectivity index (χ2n) is 3.22. The molecule has 0 heterocycles. The molecule has 0 fully saturated rings. The molecule has 0 radical (unpaired) electrons. The summed E-state index contributed by atoms with van der Waals surface area (Å²) in [4.78, 5) is 30.8. The van der Waals surface area contributed by atoms with Crippen LogP contribution in [0.1, 0.15) is 46.0 Å². The van der Waals surface area contributed by atoms with Crippen molar-refractivity contribution in [3.63, 3.8) is 0 Å². The molecule has 16 heavy (non-hydrogen) atoms. The Kier molecular flexibility index (Phi) is 8.95. The minimum atomic E-state index is -1.41. The molecule has 0 aliphatic rings. The van der Waals surface area contributed by atoms with Crippen molar-refractivity contribution in [2.45, 2.75) is 46.0 Å². The summed E-state index contributed by atoms with van der Waals surface area (Å²) >= 11 is -1.41. The third-order valence-electron chi connectivity index (χ3n) is 1.78. The Balaban J connectivity index is 3.96. The molecular formula is C10H16O5V. The molecule has 0 aromatic rings. The van der Waals surface area contributed by atoms with Gasteiger partial charge in [0.1, 0.15) is 0 Å². The fourth-order valence-electron chi connectivity index (χ4n) is 0.917. The number of unbranched alkanes of at least 4 members (excludes halogenated alkanes) is 1. The van der Waals surface area contributed by atoms with Gasteiger partial charge in [-0.3, -0.25) is 0 Å². The summed E-state index contributed by atoms with van der Waals surface area (Å²) in [5.41, 5.74) is 0. The standard InChI is InChI=1S/C10H16O4.O.V/c1-3-5-7-9(11)13-14-10(12)8-6-4-2;;/h3-7H2,1-2H3;;. The molecule has 5 nitrogen and oxygen atoms in total. The summed E-state index contributed by atoms with van der Waals surface area (Å²) in [6.45, 7) is 3.80. The molecular weight excluding hydrogens is 251 g/mol. The summed E-state index contributed by atoms with van der Waals surface area (Å²) in [7, 11) is 0. The number of carbonyl (C=O) groups is 2. The van der Waals surface area contributed by atoms with Gasteiger partial charge >= 0.3 is 101 Å². The van der Waals surface area contributed by atoms with Gasteiger partial charge in [0.2, 0.25) is 0 Å². The van der Waals surface area contributed by atoms with Crippen LogP contribution in [0, 0.1) is 0 Å². The fourth-order valence-corrected chi connectivity index (χ4v) is 1.58. The quantitative estimate of drug-likeness (QED) is 0.539. The van der Waals surface area contributed by atoms with Crippen LogP contribution in [0.4, 0.5) is 0 Å². The molecule has 91 valence electrons. The first kappa shape index (κ1) is 15.2. The van der Waals surface area contributed by atoms with Crippen molar-refractivity contribution in [1.82, 2.24) is 0 Å². The fraction of sp³-hybridized carbons (Fsp3) is 0.700. The van der Waals surface area contributed by atoms with Gasteiger partial charge in [-0.25, -0.2) is 0 Å². The summed E-state index contributed by atoms with van der Waals surface area (Å²) in [5, 5.41) is 0. The van der Waals surface area contributed by atoms with Gasteiger partial charge in [0.25, 0.3) is 0 Å². The van der Waals surface area contributed by atoms with E-state index in [1.807, 2.05) is 13.8 Å². The first-order chi connectivity index (χ1) is 7.65. The first-order valence-corrected chi connectivity index (χ1v) is 6.53. The zero-order valence-corrected chi connectivity index (χ0v) is 10.9. The zero-order valence-electron chi connectivity index (χ0n) is 9.52. The summed E-state index contributed by atoms with van der Waals surface area (Å²) in [6, 6.07) is 0. The van der Waals surface area contributed by atoms with Crippen LogP contribution in [-0.4, -0.2) is 16.2 Å². The second-order valence-corrected chi connectivity index (χ2v) is 4.35. The van der Waals surface area contributed by atoms with Gasteiger partial charge in [0.15, 0.2) is 0 Å². The zero-order chi connectivity index (χ0) is 12.4. The monoisotopic (exact) mass is 267 g/mol. The van der Waals surface area contributed by atoms with E-state index in [1.165, 1.54) is 0 Å². The molecule has 0 amide bonds. The Hall–Kier alpha value is -0.806. The van der Waals surface area contributed by atoms with E-state index >= 15 is 0 Å². The predicted molar refractivity (Wildman–Crippen MR) is 52.3 cm³/mol. The van der Waals surface area contributed by atoms with E-state index in [0.717, 1.165) is 6.42 Å². The Morgan fingerprint density at radius 1 is 1.06 bits per heavy atom. The summed E-state index contributed by atoms with van der Waals surface area (Å²) < 4.78 is 10.9.